The van der Waals surface area contributed by atoms with Gasteiger partial charge in [-0.15, -0.1) is 0 Å². The Hall–Kier alpha value is -0.160. The summed E-state index contributed by atoms with van der Waals surface area (Å²) < 4.78 is 5.43. The first-order valence-corrected chi connectivity index (χ1v) is 6.69. The van der Waals surface area contributed by atoms with E-state index in [4.69, 9.17) is 9.84 Å². The summed E-state index contributed by atoms with van der Waals surface area (Å²) in [5, 5.41) is 12.6. The summed E-state index contributed by atoms with van der Waals surface area (Å²) in [4.78, 5) is 2.34. The maximum absolute atomic E-state index is 9.10. The summed E-state index contributed by atoms with van der Waals surface area (Å²) in [7, 11) is 1.76. The molecule has 1 aliphatic heterocycles. The Morgan fingerprint density at radius 3 is 2.71 bits per heavy atom. The van der Waals surface area contributed by atoms with Crippen LogP contribution < -0.4 is 5.32 Å². The van der Waals surface area contributed by atoms with Crippen LogP contribution in [0.4, 0.5) is 0 Å². The largest absolute Gasteiger partial charge is 0.395 e. The first kappa shape index (κ1) is 14.9. The average Bonchev–Trinajstić information content (AvgIpc) is 2.79. The fourth-order valence-electron chi connectivity index (χ4n) is 2.19. The number of aliphatic hydroxyl groups is 1. The van der Waals surface area contributed by atoms with E-state index in [2.05, 4.69) is 24.1 Å². The monoisotopic (exact) mass is 244 g/mol. The van der Waals surface area contributed by atoms with Crippen molar-refractivity contribution in [2.75, 3.05) is 39.9 Å². The van der Waals surface area contributed by atoms with Crippen molar-refractivity contribution >= 4 is 0 Å². The van der Waals surface area contributed by atoms with E-state index in [1.807, 2.05) is 0 Å². The standard InChI is InChI=1S/C13H28N2O2/c1-13(2,17-3)6-8-15(9-10-16)11-12-5-4-7-14-12/h12,14,16H,4-11H2,1-3H3. The minimum atomic E-state index is -0.0726. The highest BCUT2D eigenvalue weighted by molar-refractivity contribution is 4.79. The maximum atomic E-state index is 9.10. The molecule has 1 saturated heterocycles. The highest BCUT2D eigenvalue weighted by Crippen LogP contribution is 2.14. The molecule has 1 unspecified atom stereocenters. The third kappa shape index (κ3) is 5.82. The van der Waals surface area contributed by atoms with E-state index in [9.17, 15) is 0 Å². The Balaban J connectivity index is 2.31. The molecule has 1 atom stereocenters. The molecule has 102 valence electrons. The predicted molar refractivity (Wildman–Crippen MR) is 70.3 cm³/mol. The zero-order valence-corrected chi connectivity index (χ0v) is 11.5. The lowest BCUT2D eigenvalue weighted by Crippen LogP contribution is -2.41. The maximum Gasteiger partial charge on any atom is 0.0634 e. The third-order valence-electron chi connectivity index (χ3n) is 3.64. The highest BCUT2D eigenvalue weighted by Gasteiger charge is 2.21. The van der Waals surface area contributed by atoms with Crippen LogP contribution in [0, 0.1) is 0 Å². The van der Waals surface area contributed by atoms with Crippen LogP contribution in [0.15, 0.2) is 0 Å². The number of hydrogen-bond donors (Lipinski definition) is 2. The van der Waals surface area contributed by atoms with Gasteiger partial charge >= 0.3 is 0 Å². The number of ether oxygens (including phenoxy) is 1. The molecular formula is C13H28N2O2. The number of hydrogen-bond acceptors (Lipinski definition) is 4. The van der Waals surface area contributed by atoms with Crippen molar-refractivity contribution in [1.29, 1.82) is 0 Å². The molecule has 0 bridgehead atoms. The average molecular weight is 244 g/mol. The van der Waals surface area contributed by atoms with E-state index >= 15 is 0 Å². The van der Waals surface area contributed by atoms with Crippen LogP contribution in [0.1, 0.15) is 33.1 Å². The van der Waals surface area contributed by atoms with Crippen LogP contribution in [0.5, 0.6) is 0 Å². The lowest BCUT2D eigenvalue weighted by molar-refractivity contribution is 0.00574. The van der Waals surface area contributed by atoms with Gasteiger partial charge in [-0.25, -0.2) is 0 Å². The van der Waals surface area contributed by atoms with E-state index in [1.54, 1.807) is 7.11 Å². The Kier molecular flexibility index (Phi) is 6.41. The van der Waals surface area contributed by atoms with E-state index < -0.39 is 0 Å². The number of nitrogens with zero attached hydrogens (tertiary/aromatic N) is 1. The molecule has 0 radical (unpaired) electrons. The second kappa shape index (κ2) is 7.31. The minimum absolute atomic E-state index is 0.0726. The molecule has 0 aliphatic carbocycles. The quantitative estimate of drug-likeness (QED) is 0.664. The van der Waals surface area contributed by atoms with Gasteiger partial charge in [-0.05, 0) is 39.7 Å². The van der Waals surface area contributed by atoms with E-state index in [1.165, 1.54) is 12.8 Å². The number of methoxy groups -OCH3 is 1. The number of nitrogens with one attached hydrogen (secondary N) is 1. The smallest absolute Gasteiger partial charge is 0.0634 e. The molecule has 17 heavy (non-hydrogen) atoms. The van der Waals surface area contributed by atoms with Crippen LogP contribution in [-0.2, 0) is 4.74 Å². The zero-order valence-electron chi connectivity index (χ0n) is 11.5. The van der Waals surface area contributed by atoms with Crippen molar-refractivity contribution in [3.05, 3.63) is 0 Å². The van der Waals surface area contributed by atoms with Crippen molar-refractivity contribution < 1.29 is 9.84 Å². The summed E-state index contributed by atoms with van der Waals surface area (Å²) >= 11 is 0. The number of aliphatic hydroxyl groups excluding tert-OH is 1. The normalized spacial score (nSPS) is 21.4. The van der Waals surface area contributed by atoms with Crippen molar-refractivity contribution in [2.24, 2.45) is 0 Å². The third-order valence-corrected chi connectivity index (χ3v) is 3.64. The van der Waals surface area contributed by atoms with E-state index in [-0.39, 0.29) is 12.2 Å². The molecule has 1 fully saturated rings. The summed E-state index contributed by atoms with van der Waals surface area (Å²) in [6.45, 7) is 8.38. The van der Waals surface area contributed by atoms with Gasteiger partial charge in [0.25, 0.3) is 0 Å². The topological polar surface area (TPSA) is 44.7 Å². The van der Waals surface area contributed by atoms with Crippen molar-refractivity contribution in [3.8, 4) is 0 Å². The van der Waals surface area contributed by atoms with Gasteiger partial charge in [0.1, 0.15) is 0 Å². The number of rotatable bonds is 8. The van der Waals surface area contributed by atoms with Crippen LogP contribution >= 0.6 is 0 Å². The summed E-state index contributed by atoms with van der Waals surface area (Å²) in [6.07, 6.45) is 3.53. The van der Waals surface area contributed by atoms with Gasteiger partial charge in [0.15, 0.2) is 0 Å². The predicted octanol–water partition coefficient (Wildman–Crippen LogP) is 0.848. The molecular weight excluding hydrogens is 216 g/mol. The molecule has 4 heteroatoms. The molecule has 0 amide bonds. The summed E-state index contributed by atoms with van der Waals surface area (Å²) in [6, 6.07) is 0.604. The minimum Gasteiger partial charge on any atom is -0.395 e. The molecule has 1 rings (SSSR count). The van der Waals surface area contributed by atoms with Gasteiger partial charge in [-0.1, -0.05) is 0 Å². The molecule has 0 aromatic carbocycles. The first-order valence-electron chi connectivity index (χ1n) is 6.69. The molecule has 2 N–H and O–H groups in total. The molecule has 0 aromatic heterocycles. The SMILES string of the molecule is COC(C)(C)CCN(CCO)CC1CCCN1. The fraction of sp³-hybridized carbons (Fsp3) is 1.00. The van der Waals surface area contributed by atoms with Crippen molar-refractivity contribution in [3.63, 3.8) is 0 Å². The van der Waals surface area contributed by atoms with Crippen molar-refractivity contribution in [2.45, 2.75) is 44.8 Å². The van der Waals surface area contributed by atoms with Crippen LogP contribution in [0.2, 0.25) is 0 Å². The van der Waals surface area contributed by atoms with Gasteiger partial charge < -0.3 is 15.2 Å². The molecule has 0 spiro atoms. The van der Waals surface area contributed by atoms with Gasteiger partial charge in [-0.3, -0.25) is 4.90 Å². The fourth-order valence-corrected chi connectivity index (χ4v) is 2.19. The Labute approximate surface area is 105 Å². The molecule has 0 saturated carbocycles. The second-order valence-corrected chi connectivity index (χ2v) is 5.53. The Bertz CT molecular complexity index is 204. The lowest BCUT2D eigenvalue weighted by atomic mass is 10.0. The molecule has 1 aliphatic rings. The summed E-state index contributed by atoms with van der Waals surface area (Å²) in [5.74, 6) is 0. The molecule has 4 nitrogen and oxygen atoms in total. The Morgan fingerprint density at radius 1 is 1.41 bits per heavy atom. The molecule has 1 heterocycles. The summed E-state index contributed by atoms with van der Waals surface area (Å²) in [5.41, 5.74) is -0.0726. The van der Waals surface area contributed by atoms with Crippen LogP contribution in [0.3, 0.4) is 0 Å². The first-order chi connectivity index (χ1) is 8.07. The van der Waals surface area contributed by atoms with Gasteiger partial charge in [0, 0.05) is 32.8 Å². The van der Waals surface area contributed by atoms with Gasteiger partial charge in [-0.2, -0.15) is 0 Å². The zero-order chi connectivity index (χ0) is 12.7. The Morgan fingerprint density at radius 2 is 2.18 bits per heavy atom. The van der Waals surface area contributed by atoms with Crippen LogP contribution in [-0.4, -0.2) is 61.5 Å². The van der Waals surface area contributed by atoms with Gasteiger partial charge in [0.2, 0.25) is 0 Å². The van der Waals surface area contributed by atoms with E-state index in [0.717, 1.165) is 32.6 Å². The van der Waals surface area contributed by atoms with Crippen LogP contribution in [0.25, 0.3) is 0 Å². The van der Waals surface area contributed by atoms with Gasteiger partial charge in [0.05, 0.1) is 12.2 Å². The van der Waals surface area contributed by atoms with E-state index in [0.29, 0.717) is 6.04 Å². The molecule has 0 aromatic rings. The second-order valence-electron chi connectivity index (χ2n) is 5.53. The highest BCUT2D eigenvalue weighted by atomic mass is 16.5. The van der Waals surface area contributed by atoms with Crippen molar-refractivity contribution in [1.82, 2.24) is 10.2 Å². The lowest BCUT2D eigenvalue weighted by Gasteiger charge is -2.29.